The molecular weight excluding hydrogens is 787 g/mol. The summed E-state index contributed by atoms with van der Waals surface area (Å²) in [4.78, 5) is 78.8. The van der Waals surface area contributed by atoms with Gasteiger partial charge in [0.2, 0.25) is 11.8 Å². The molecule has 4 N–H and O–H groups in total. The Bertz CT molecular complexity index is 2800. The molecule has 4 amide bonds. The summed E-state index contributed by atoms with van der Waals surface area (Å²) < 4.78 is 4.82. The normalized spacial score (nSPS) is 23.5. The van der Waals surface area contributed by atoms with Crippen molar-refractivity contribution < 1.29 is 29.0 Å². The third-order valence-electron chi connectivity index (χ3n) is 13.7. The van der Waals surface area contributed by atoms with Gasteiger partial charge in [0.05, 0.1) is 52.5 Å². The number of H-pyrrole nitrogens is 2. The highest BCUT2D eigenvalue weighted by Gasteiger charge is 2.57. The molecule has 4 aliphatic rings. The van der Waals surface area contributed by atoms with E-state index in [1.165, 1.54) is 14.2 Å². The van der Waals surface area contributed by atoms with E-state index in [9.17, 15) is 24.3 Å². The van der Waals surface area contributed by atoms with Crippen molar-refractivity contribution in [1.29, 1.82) is 0 Å². The number of likely N-dealkylation sites (N-methyl/N-ethyl adjacent to an activating group) is 1. The van der Waals surface area contributed by atoms with Gasteiger partial charge in [0.25, 0.3) is 0 Å². The minimum absolute atomic E-state index is 0.104. The Balaban J connectivity index is 0.873. The molecule has 6 aromatic rings. The van der Waals surface area contributed by atoms with E-state index in [0.29, 0.717) is 11.8 Å². The Kier molecular flexibility index (Phi) is 9.48. The summed E-state index contributed by atoms with van der Waals surface area (Å²) in [6.07, 6.45) is 1.81. The lowest BCUT2D eigenvalue weighted by Crippen LogP contribution is -2.52. The molecule has 62 heavy (non-hydrogen) atoms. The number of fused-ring (bicyclic) bond motifs is 5. The van der Waals surface area contributed by atoms with Crippen LogP contribution in [0.25, 0.3) is 55.4 Å². The third kappa shape index (κ3) is 6.77. The lowest BCUT2D eigenvalue weighted by molar-refractivity contribution is -0.140. The number of carboxylic acid groups (broad SMARTS) is 1. The summed E-state index contributed by atoms with van der Waals surface area (Å²) in [5.41, 5.74) is 8.04. The van der Waals surface area contributed by atoms with Crippen LogP contribution in [0.15, 0.2) is 66.7 Å². The number of amides is 4. The number of alkyl carbamates (subject to hydrolysis) is 1. The van der Waals surface area contributed by atoms with Crippen LogP contribution in [0.5, 0.6) is 0 Å². The Hall–Kier alpha value is -6.51. The maximum atomic E-state index is 14.0. The predicted octanol–water partition coefficient (Wildman–Crippen LogP) is 7.66. The van der Waals surface area contributed by atoms with Crippen LogP contribution in [0.4, 0.5) is 9.59 Å². The number of hydrogen-bond donors (Lipinski definition) is 4. The van der Waals surface area contributed by atoms with Crippen molar-refractivity contribution >= 4 is 57.0 Å². The predicted molar refractivity (Wildman–Crippen MR) is 233 cm³/mol. The molecule has 15 nitrogen and oxygen atoms in total. The van der Waals surface area contributed by atoms with E-state index in [2.05, 4.69) is 45.6 Å². The fourth-order valence-electron chi connectivity index (χ4n) is 10.2. The van der Waals surface area contributed by atoms with Crippen LogP contribution < -0.4 is 5.32 Å². The second-order valence-corrected chi connectivity index (χ2v) is 18.4. The molecule has 320 valence electrons. The highest BCUT2D eigenvalue weighted by Crippen LogP contribution is 2.55. The van der Waals surface area contributed by atoms with Gasteiger partial charge in [-0.3, -0.25) is 14.5 Å². The van der Waals surface area contributed by atoms with E-state index in [1.54, 1.807) is 0 Å². The first-order chi connectivity index (χ1) is 29.8. The molecular formula is C47H51N9O6. The fourth-order valence-corrected chi connectivity index (χ4v) is 10.2. The first kappa shape index (κ1) is 39.6. The minimum Gasteiger partial charge on any atom is -0.465 e. The summed E-state index contributed by atoms with van der Waals surface area (Å²) in [7, 11) is 2.77. The van der Waals surface area contributed by atoms with Gasteiger partial charge in [0.15, 0.2) is 0 Å². The molecule has 15 heteroatoms. The Morgan fingerprint density at radius 3 is 1.82 bits per heavy atom. The van der Waals surface area contributed by atoms with Crippen molar-refractivity contribution in [2.45, 2.75) is 89.6 Å². The smallest absolute Gasteiger partial charge is 0.407 e. The van der Waals surface area contributed by atoms with Crippen molar-refractivity contribution in [3.63, 3.8) is 0 Å². The van der Waals surface area contributed by atoms with Crippen LogP contribution in [0, 0.1) is 23.7 Å². The molecule has 8 atom stereocenters. The second kappa shape index (κ2) is 14.8. The quantitative estimate of drug-likeness (QED) is 0.107. The van der Waals surface area contributed by atoms with Crippen molar-refractivity contribution in [3.8, 4) is 22.4 Å². The Labute approximate surface area is 358 Å². The molecule has 3 aromatic heterocycles. The number of benzene rings is 3. The van der Waals surface area contributed by atoms with E-state index in [-0.39, 0.29) is 47.8 Å². The highest BCUT2D eigenvalue weighted by molar-refractivity contribution is 5.91. The van der Waals surface area contributed by atoms with Gasteiger partial charge >= 0.3 is 12.2 Å². The van der Waals surface area contributed by atoms with E-state index in [4.69, 9.17) is 19.7 Å². The van der Waals surface area contributed by atoms with Gasteiger partial charge < -0.3 is 34.9 Å². The topological polar surface area (TPSA) is 190 Å². The van der Waals surface area contributed by atoms with Gasteiger partial charge in [-0.15, -0.1) is 0 Å². The van der Waals surface area contributed by atoms with Gasteiger partial charge in [0.1, 0.15) is 23.7 Å². The number of nitrogens with zero attached hydrogens (tertiary/aromatic N) is 6. The molecule has 4 fully saturated rings. The number of aromatic nitrogens is 5. The first-order valence-electron chi connectivity index (χ1n) is 21.6. The molecule has 2 aliphatic heterocycles. The SMILES string of the molecule is COC(=O)N[C@H](C(=O)N1[C@@H]2C[C@@H]2C[C@H]1c1nc2ccc(-c3ccc4nc(-c5ccc6nc([C@@H]7C[C@H]8C[C@H]8N7C(=O)[C@H](C(C)C)N(C)C(=O)O)[nH]c6c5)ccc4c3)cc2[nH]1)C(C)C. The van der Waals surface area contributed by atoms with E-state index in [0.717, 1.165) is 97.6 Å². The number of methoxy groups -OCH3 is 1. The maximum absolute atomic E-state index is 14.0. The third-order valence-corrected chi connectivity index (χ3v) is 13.7. The number of carbonyl (C=O) groups is 4. The summed E-state index contributed by atoms with van der Waals surface area (Å²) in [5.74, 6) is 1.76. The molecule has 2 aliphatic carbocycles. The zero-order chi connectivity index (χ0) is 43.3. The highest BCUT2D eigenvalue weighted by atomic mass is 16.5. The lowest BCUT2D eigenvalue weighted by atomic mass is 10.0. The molecule has 2 saturated heterocycles. The minimum atomic E-state index is -1.12. The van der Waals surface area contributed by atoms with Gasteiger partial charge in [-0.1, -0.05) is 52.0 Å². The molecule has 0 bridgehead atoms. The summed E-state index contributed by atoms with van der Waals surface area (Å²) >= 11 is 0. The molecule has 3 aromatic carbocycles. The van der Waals surface area contributed by atoms with Crippen LogP contribution in [-0.4, -0.2) is 107 Å². The van der Waals surface area contributed by atoms with Crippen LogP contribution in [-0.2, 0) is 14.3 Å². The van der Waals surface area contributed by atoms with E-state index < -0.39 is 24.3 Å². The number of ether oxygens (including phenoxy) is 1. The number of pyridine rings is 1. The second-order valence-electron chi connectivity index (χ2n) is 18.4. The number of aromatic amines is 2. The Morgan fingerprint density at radius 1 is 0.710 bits per heavy atom. The van der Waals surface area contributed by atoms with Crippen LogP contribution in [0.3, 0.4) is 0 Å². The summed E-state index contributed by atoms with van der Waals surface area (Å²) in [5, 5.41) is 13.5. The molecule has 0 radical (unpaired) electrons. The number of imidazole rings is 2. The first-order valence-corrected chi connectivity index (χ1v) is 21.6. The summed E-state index contributed by atoms with van der Waals surface area (Å²) in [6, 6.07) is 20.9. The van der Waals surface area contributed by atoms with Gasteiger partial charge in [-0.25, -0.2) is 24.5 Å². The average molecular weight is 838 g/mol. The van der Waals surface area contributed by atoms with Gasteiger partial charge in [0, 0.05) is 30.1 Å². The number of nitrogens with one attached hydrogen (secondary N) is 3. The van der Waals surface area contributed by atoms with Gasteiger partial charge in [-0.2, -0.15) is 0 Å². The lowest BCUT2D eigenvalue weighted by Gasteiger charge is -2.35. The zero-order valence-corrected chi connectivity index (χ0v) is 35.6. The maximum Gasteiger partial charge on any atom is 0.407 e. The van der Waals surface area contributed by atoms with E-state index >= 15 is 0 Å². The van der Waals surface area contributed by atoms with Crippen molar-refractivity contribution in [2.75, 3.05) is 14.2 Å². The monoisotopic (exact) mass is 837 g/mol. The molecule has 5 heterocycles. The van der Waals surface area contributed by atoms with Crippen molar-refractivity contribution in [3.05, 3.63) is 78.4 Å². The number of likely N-dealkylation sites (tertiary alicyclic amines) is 2. The summed E-state index contributed by atoms with van der Waals surface area (Å²) in [6.45, 7) is 7.61. The average Bonchev–Trinajstić information content (AvgIpc) is 3.91. The molecule has 2 saturated carbocycles. The molecule has 0 unspecified atom stereocenters. The van der Waals surface area contributed by atoms with Crippen LogP contribution in [0.1, 0.15) is 77.1 Å². The van der Waals surface area contributed by atoms with Gasteiger partial charge in [-0.05, 0) is 103 Å². The number of hydrogen-bond acceptors (Lipinski definition) is 8. The van der Waals surface area contributed by atoms with Crippen LogP contribution in [0.2, 0.25) is 0 Å². The van der Waals surface area contributed by atoms with Crippen molar-refractivity contribution in [1.82, 2.24) is 44.9 Å². The standard InChI is InChI=1S/C47H51N9O6/c1-22(2)40(53-46(59)62-6)44(57)55-36-18-28(36)20-38(55)42-49-32-13-8-25(16-34(32)51-42)24-7-11-30-26(15-24)9-12-31(48-30)27-10-14-33-35(17-27)52-43(50-33)39-21-29-19-37(29)56(39)45(58)41(23(3)4)54(5)47(60)61/h7-17,22-23,28-29,36-41H,18-21H2,1-6H3,(H,49,51)(H,50,52)(H,53,59)(H,60,61)/t28-,29-,36-,37-,38+,39+,40+,41+/m1/s1. The van der Waals surface area contributed by atoms with Crippen molar-refractivity contribution in [2.24, 2.45) is 23.7 Å². The fraction of sp³-hybridized carbons (Fsp3) is 0.426. The van der Waals surface area contributed by atoms with E-state index in [1.807, 2.05) is 73.9 Å². The van der Waals surface area contributed by atoms with Crippen LogP contribution >= 0.6 is 0 Å². The zero-order valence-electron chi connectivity index (χ0n) is 35.6. The molecule has 10 rings (SSSR count). The number of carbonyl (C=O) groups excluding carboxylic acids is 3. The number of piperidine rings is 2. The molecule has 0 spiro atoms. The largest absolute Gasteiger partial charge is 0.465 e. The Morgan fingerprint density at radius 2 is 1.26 bits per heavy atom. The number of rotatable bonds is 10.